The Hall–Kier alpha value is -1.60. The number of esters is 1. The first-order valence-electron chi connectivity index (χ1n) is 7.24. The van der Waals surface area contributed by atoms with Crippen LogP contribution in [0.5, 0.6) is 0 Å². The Bertz CT molecular complexity index is 645. The van der Waals surface area contributed by atoms with Gasteiger partial charge in [-0.15, -0.1) is 0 Å². The Morgan fingerprint density at radius 3 is 2.68 bits per heavy atom. The molecule has 0 N–H and O–H groups in total. The Labute approximate surface area is 131 Å². The van der Waals surface area contributed by atoms with Crippen LogP contribution in [0.4, 0.5) is 0 Å². The van der Waals surface area contributed by atoms with E-state index in [0.717, 1.165) is 5.56 Å². The van der Waals surface area contributed by atoms with E-state index in [1.165, 1.54) is 0 Å². The van der Waals surface area contributed by atoms with Gasteiger partial charge in [-0.05, 0) is 32.9 Å². The van der Waals surface area contributed by atoms with Crippen LogP contribution in [0.25, 0.3) is 0 Å². The summed E-state index contributed by atoms with van der Waals surface area (Å²) in [5.41, 5.74) is 1.05. The van der Waals surface area contributed by atoms with Crippen LogP contribution in [0.15, 0.2) is 39.4 Å². The van der Waals surface area contributed by atoms with Crippen LogP contribution in [0.1, 0.15) is 19.4 Å². The predicted octanol–water partition coefficient (Wildman–Crippen LogP) is 2.19. The summed E-state index contributed by atoms with van der Waals surface area (Å²) in [4.78, 5) is 11.5. The number of benzene rings is 1. The summed E-state index contributed by atoms with van der Waals surface area (Å²) in [5.74, 6) is -1.09. The second-order valence-corrected chi connectivity index (χ2v) is 7.12. The van der Waals surface area contributed by atoms with Crippen molar-refractivity contribution in [3.05, 3.63) is 29.8 Å². The minimum absolute atomic E-state index is 0.280. The number of fused-ring (bicyclic) bond motifs is 1. The molecule has 0 amide bonds. The van der Waals surface area contributed by atoms with Gasteiger partial charge in [0.1, 0.15) is 0 Å². The minimum atomic E-state index is -1.68. The zero-order chi connectivity index (χ0) is 15.9. The second-order valence-electron chi connectivity index (χ2n) is 5.49. The molecule has 3 rings (SSSR count). The third-order valence-electron chi connectivity index (χ3n) is 4.02. The van der Waals surface area contributed by atoms with Gasteiger partial charge in [-0.2, -0.15) is 10.2 Å². The molecule has 0 aliphatic carbocycles. The van der Waals surface area contributed by atoms with Gasteiger partial charge in [-0.25, -0.2) is 4.79 Å². The van der Waals surface area contributed by atoms with Crippen molar-refractivity contribution in [1.82, 2.24) is 0 Å². The molecule has 6 nitrogen and oxygen atoms in total. The van der Waals surface area contributed by atoms with Crippen LogP contribution in [0, 0.1) is 12.8 Å². The highest BCUT2D eigenvalue weighted by Gasteiger charge is 2.68. The fourth-order valence-electron chi connectivity index (χ4n) is 2.87. The maximum absolute atomic E-state index is 13.1. The standard InChI is InChI=1S/C15H18N2O4S/c1-4-20-13-12-10(3)16-17-15(12,14(18)21-13)22(19)11-7-5-9(2)6-8-11/h5-8,10,12-13H,4H2,1-3H3/t10-,12+,13-,15-,22-/m0/s1. The molecule has 1 aromatic carbocycles. The molecule has 0 radical (unpaired) electrons. The average Bonchev–Trinajstić information content (AvgIpc) is 2.98. The number of nitrogens with zero attached hydrogens (tertiary/aromatic N) is 2. The van der Waals surface area contributed by atoms with E-state index in [-0.39, 0.29) is 6.04 Å². The maximum Gasteiger partial charge on any atom is 0.352 e. The number of hydrogen-bond donors (Lipinski definition) is 0. The third-order valence-corrected chi connectivity index (χ3v) is 5.80. The zero-order valence-electron chi connectivity index (χ0n) is 12.7. The van der Waals surface area contributed by atoms with Gasteiger partial charge < -0.3 is 9.47 Å². The zero-order valence-corrected chi connectivity index (χ0v) is 13.5. The van der Waals surface area contributed by atoms with Crippen molar-refractivity contribution in [3.8, 4) is 0 Å². The molecular weight excluding hydrogens is 304 g/mol. The predicted molar refractivity (Wildman–Crippen MR) is 79.6 cm³/mol. The fourth-order valence-corrected chi connectivity index (χ4v) is 4.49. The van der Waals surface area contributed by atoms with Crippen molar-refractivity contribution in [2.45, 2.75) is 42.9 Å². The van der Waals surface area contributed by atoms with Crippen molar-refractivity contribution >= 4 is 16.8 Å². The molecule has 1 fully saturated rings. The SMILES string of the molecule is CCO[C@H]1OC(=O)[C@]2([S@@](=O)c3ccc(C)cc3)N=N[C@@H](C)[C@H]12. The topological polar surface area (TPSA) is 77.3 Å². The molecule has 5 atom stereocenters. The fraction of sp³-hybridized carbons (Fsp3) is 0.533. The number of aryl methyl sites for hydroxylation is 1. The molecule has 1 aromatic rings. The lowest BCUT2D eigenvalue weighted by molar-refractivity contribution is -0.167. The quantitative estimate of drug-likeness (QED) is 0.796. The Balaban J connectivity index is 2.02. The number of carbonyl (C=O) groups excluding carboxylic acids is 1. The number of hydrogen-bond acceptors (Lipinski definition) is 6. The van der Waals surface area contributed by atoms with Gasteiger partial charge in [0.25, 0.3) is 4.87 Å². The smallest absolute Gasteiger partial charge is 0.352 e. The van der Waals surface area contributed by atoms with Gasteiger partial charge in [0.2, 0.25) is 6.29 Å². The molecule has 2 aliphatic heterocycles. The Kier molecular flexibility index (Phi) is 3.86. The van der Waals surface area contributed by atoms with Crippen molar-refractivity contribution in [2.75, 3.05) is 6.61 Å². The molecule has 0 saturated carbocycles. The summed E-state index contributed by atoms with van der Waals surface area (Å²) < 4.78 is 23.9. The molecule has 22 heavy (non-hydrogen) atoms. The highest BCUT2D eigenvalue weighted by molar-refractivity contribution is 7.87. The van der Waals surface area contributed by atoms with Crippen LogP contribution in [-0.2, 0) is 25.1 Å². The second kappa shape index (κ2) is 5.55. The average molecular weight is 322 g/mol. The van der Waals surface area contributed by atoms with Crippen LogP contribution >= 0.6 is 0 Å². The van der Waals surface area contributed by atoms with Gasteiger partial charge in [0.05, 0.1) is 22.8 Å². The molecule has 1 saturated heterocycles. The van der Waals surface area contributed by atoms with E-state index in [0.29, 0.717) is 11.5 Å². The lowest BCUT2D eigenvalue weighted by Crippen LogP contribution is -2.45. The summed E-state index contributed by atoms with van der Waals surface area (Å²) in [6.45, 7) is 5.99. The van der Waals surface area contributed by atoms with E-state index >= 15 is 0 Å². The summed E-state index contributed by atoms with van der Waals surface area (Å²) in [6.07, 6.45) is -0.753. The summed E-state index contributed by atoms with van der Waals surface area (Å²) in [6, 6.07) is 6.93. The van der Waals surface area contributed by atoms with Crippen molar-refractivity contribution < 1.29 is 18.5 Å². The molecule has 7 heteroatoms. The van der Waals surface area contributed by atoms with Crippen LogP contribution in [0.2, 0.25) is 0 Å². The van der Waals surface area contributed by atoms with Gasteiger partial charge in [0, 0.05) is 11.5 Å². The lowest BCUT2D eigenvalue weighted by atomic mass is 9.96. The first-order valence-corrected chi connectivity index (χ1v) is 8.39. The lowest BCUT2D eigenvalue weighted by Gasteiger charge is -2.23. The molecule has 0 bridgehead atoms. The Morgan fingerprint density at radius 1 is 1.36 bits per heavy atom. The number of azo groups is 1. The van der Waals surface area contributed by atoms with Gasteiger partial charge in [-0.3, -0.25) is 4.21 Å². The van der Waals surface area contributed by atoms with Gasteiger partial charge in [0.15, 0.2) is 0 Å². The number of ether oxygens (including phenoxy) is 2. The highest BCUT2D eigenvalue weighted by atomic mass is 32.2. The maximum atomic E-state index is 13.1. The van der Waals surface area contributed by atoms with Crippen LogP contribution in [0.3, 0.4) is 0 Å². The van der Waals surface area contributed by atoms with Crippen LogP contribution in [-0.4, -0.2) is 34.0 Å². The normalized spacial score (nSPS) is 34.5. The first-order chi connectivity index (χ1) is 10.5. The minimum Gasteiger partial charge on any atom is -0.433 e. The van der Waals surface area contributed by atoms with E-state index < -0.39 is 33.8 Å². The highest BCUT2D eigenvalue weighted by Crippen LogP contribution is 2.47. The number of cyclic esters (lactones) is 1. The van der Waals surface area contributed by atoms with E-state index in [4.69, 9.17) is 9.47 Å². The summed E-state index contributed by atoms with van der Waals surface area (Å²) >= 11 is 0. The largest absolute Gasteiger partial charge is 0.433 e. The summed E-state index contributed by atoms with van der Waals surface area (Å²) in [5, 5.41) is 8.18. The van der Waals surface area contributed by atoms with Crippen molar-refractivity contribution in [2.24, 2.45) is 16.1 Å². The van der Waals surface area contributed by atoms with Gasteiger partial charge in [-0.1, -0.05) is 17.7 Å². The first kappa shape index (κ1) is 15.3. The number of rotatable bonds is 4. The van der Waals surface area contributed by atoms with Gasteiger partial charge >= 0.3 is 5.97 Å². The van der Waals surface area contributed by atoms with E-state index in [1.807, 2.05) is 32.9 Å². The molecule has 0 spiro atoms. The number of carbonyl (C=O) groups is 1. The molecule has 0 aromatic heterocycles. The van der Waals surface area contributed by atoms with E-state index in [2.05, 4.69) is 10.2 Å². The molecule has 2 aliphatic rings. The molecule has 2 heterocycles. The van der Waals surface area contributed by atoms with Crippen molar-refractivity contribution in [1.29, 1.82) is 0 Å². The Morgan fingerprint density at radius 2 is 2.05 bits per heavy atom. The summed E-state index contributed by atoms with van der Waals surface area (Å²) in [7, 11) is -1.68. The molecule has 0 unspecified atom stereocenters. The van der Waals surface area contributed by atoms with E-state index in [1.54, 1.807) is 12.1 Å². The monoisotopic (exact) mass is 322 g/mol. The molecular formula is C15H18N2O4S. The van der Waals surface area contributed by atoms with Crippen molar-refractivity contribution in [3.63, 3.8) is 0 Å². The third kappa shape index (κ3) is 2.11. The van der Waals surface area contributed by atoms with Crippen LogP contribution < -0.4 is 0 Å². The van der Waals surface area contributed by atoms with E-state index in [9.17, 15) is 9.00 Å². The molecule has 118 valence electrons.